The molecular weight excluding hydrogens is 334 g/mol. The first kappa shape index (κ1) is 17.6. The van der Waals surface area contributed by atoms with Crippen LogP contribution in [0.3, 0.4) is 0 Å². The highest BCUT2D eigenvalue weighted by Gasteiger charge is 2.13. The zero-order chi connectivity index (χ0) is 17.5. The molecule has 0 bridgehead atoms. The van der Waals surface area contributed by atoms with E-state index in [1.54, 1.807) is 36.4 Å². The van der Waals surface area contributed by atoms with Crippen molar-refractivity contribution in [3.8, 4) is 11.5 Å². The predicted octanol–water partition coefficient (Wildman–Crippen LogP) is 3.15. The minimum atomic E-state index is -0.492. The van der Waals surface area contributed by atoms with Crippen LogP contribution in [0.4, 0.5) is 5.69 Å². The fourth-order valence-corrected chi connectivity index (χ4v) is 2.09. The third kappa shape index (κ3) is 4.63. The Morgan fingerprint density at radius 2 is 1.92 bits per heavy atom. The lowest BCUT2D eigenvalue weighted by atomic mass is 10.2. The molecule has 6 nitrogen and oxygen atoms in total. The van der Waals surface area contributed by atoms with Gasteiger partial charge in [0.05, 0.1) is 19.8 Å². The van der Waals surface area contributed by atoms with E-state index in [-0.39, 0.29) is 12.5 Å². The average molecular weight is 350 g/mol. The van der Waals surface area contributed by atoms with Crippen LogP contribution in [0.2, 0.25) is 5.02 Å². The summed E-state index contributed by atoms with van der Waals surface area (Å²) in [6, 6.07) is 11.4. The molecular formula is C17H16ClNO5. The molecule has 0 heterocycles. The number of amides is 1. The number of hydrogen-bond donors (Lipinski definition) is 1. The molecule has 1 N–H and O–H groups in total. The summed E-state index contributed by atoms with van der Waals surface area (Å²) in [6.07, 6.45) is 0. The van der Waals surface area contributed by atoms with Crippen molar-refractivity contribution in [1.29, 1.82) is 0 Å². The predicted molar refractivity (Wildman–Crippen MR) is 89.9 cm³/mol. The van der Waals surface area contributed by atoms with Crippen LogP contribution in [0.15, 0.2) is 42.5 Å². The van der Waals surface area contributed by atoms with Gasteiger partial charge in [0.1, 0.15) is 11.5 Å². The summed E-state index contributed by atoms with van der Waals surface area (Å²) in [7, 11) is 2.75. The number of nitrogens with one attached hydrogen (secondary N) is 1. The van der Waals surface area contributed by atoms with Crippen LogP contribution in [0, 0.1) is 0 Å². The summed E-state index contributed by atoms with van der Waals surface area (Å²) in [5.74, 6) is -0.0289. The molecule has 0 saturated carbocycles. The van der Waals surface area contributed by atoms with Crippen molar-refractivity contribution in [3.63, 3.8) is 0 Å². The van der Waals surface area contributed by atoms with Gasteiger partial charge in [-0.3, -0.25) is 4.79 Å². The van der Waals surface area contributed by atoms with Crippen molar-refractivity contribution >= 4 is 29.2 Å². The summed E-state index contributed by atoms with van der Waals surface area (Å²) in [4.78, 5) is 23.5. The van der Waals surface area contributed by atoms with E-state index in [0.717, 1.165) is 0 Å². The second kappa shape index (κ2) is 8.21. The lowest BCUT2D eigenvalue weighted by Gasteiger charge is -2.11. The van der Waals surface area contributed by atoms with E-state index in [9.17, 15) is 9.59 Å². The smallest absolute Gasteiger partial charge is 0.343 e. The largest absolute Gasteiger partial charge is 0.496 e. The Kier molecular flexibility index (Phi) is 6.03. The number of hydrogen-bond acceptors (Lipinski definition) is 5. The Bertz CT molecular complexity index is 748. The molecule has 24 heavy (non-hydrogen) atoms. The number of rotatable bonds is 6. The second-order valence-electron chi connectivity index (χ2n) is 4.69. The van der Waals surface area contributed by atoms with Crippen molar-refractivity contribution in [2.75, 3.05) is 26.1 Å². The normalized spacial score (nSPS) is 9.96. The topological polar surface area (TPSA) is 73.9 Å². The molecule has 0 atom stereocenters. The molecule has 0 aliphatic rings. The molecule has 0 radical (unpaired) electrons. The van der Waals surface area contributed by atoms with E-state index >= 15 is 0 Å². The molecule has 0 unspecified atom stereocenters. The van der Waals surface area contributed by atoms with Crippen molar-refractivity contribution in [3.05, 3.63) is 53.1 Å². The number of esters is 1. The van der Waals surface area contributed by atoms with E-state index in [2.05, 4.69) is 10.1 Å². The van der Waals surface area contributed by atoms with Gasteiger partial charge in [0.15, 0.2) is 6.61 Å². The molecule has 2 aromatic rings. The second-order valence-corrected chi connectivity index (χ2v) is 5.13. The Hall–Kier alpha value is -2.73. The van der Waals surface area contributed by atoms with Gasteiger partial charge in [0.25, 0.3) is 5.91 Å². The molecule has 0 aliphatic carbocycles. The SMILES string of the molecule is COC(=O)COc1cccc(NC(=O)c2cc(Cl)ccc2OC)c1. The highest BCUT2D eigenvalue weighted by molar-refractivity contribution is 6.31. The highest BCUT2D eigenvalue weighted by Crippen LogP contribution is 2.24. The zero-order valence-corrected chi connectivity index (χ0v) is 13.9. The number of carbonyl (C=O) groups excluding carboxylic acids is 2. The number of halogens is 1. The van der Waals surface area contributed by atoms with E-state index in [1.807, 2.05) is 0 Å². The third-order valence-corrected chi connectivity index (χ3v) is 3.32. The first-order chi connectivity index (χ1) is 11.5. The minimum Gasteiger partial charge on any atom is -0.496 e. The summed E-state index contributed by atoms with van der Waals surface area (Å²) in [6.45, 7) is -0.212. The monoisotopic (exact) mass is 349 g/mol. The molecule has 126 valence electrons. The molecule has 7 heteroatoms. The van der Waals surface area contributed by atoms with E-state index in [1.165, 1.54) is 20.3 Å². The molecule has 0 fully saturated rings. The maximum absolute atomic E-state index is 12.4. The number of ether oxygens (including phenoxy) is 3. The van der Waals surface area contributed by atoms with Gasteiger partial charge in [-0.2, -0.15) is 0 Å². The molecule has 2 aromatic carbocycles. The molecule has 2 rings (SSSR count). The minimum absolute atomic E-state index is 0.212. The maximum Gasteiger partial charge on any atom is 0.343 e. The van der Waals surface area contributed by atoms with Gasteiger partial charge in [-0.05, 0) is 30.3 Å². The summed E-state index contributed by atoms with van der Waals surface area (Å²) in [5, 5.41) is 3.16. The Balaban J connectivity index is 2.12. The first-order valence-electron chi connectivity index (χ1n) is 6.98. The maximum atomic E-state index is 12.4. The fourth-order valence-electron chi connectivity index (χ4n) is 1.92. The van der Waals surface area contributed by atoms with Crippen molar-refractivity contribution in [2.24, 2.45) is 0 Å². The van der Waals surface area contributed by atoms with E-state index in [0.29, 0.717) is 27.8 Å². The molecule has 1 amide bonds. The standard InChI is InChI=1S/C17H16ClNO5/c1-22-15-7-6-11(18)8-14(15)17(21)19-12-4-3-5-13(9-12)24-10-16(20)23-2/h3-9H,10H2,1-2H3,(H,19,21). The quantitative estimate of drug-likeness (QED) is 0.811. The van der Waals surface area contributed by atoms with Crippen LogP contribution in [0.5, 0.6) is 11.5 Å². The fraction of sp³-hybridized carbons (Fsp3) is 0.176. The molecule has 0 aromatic heterocycles. The van der Waals surface area contributed by atoms with Gasteiger partial charge >= 0.3 is 5.97 Å². The summed E-state index contributed by atoms with van der Waals surface area (Å²) >= 11 is 5.93. The van der Waals surface area contributed by atoms with Gasteiger partial charge in [-0.25, -0.2) is 4.79 Å². The number of methoxy groups -OCH3 is 2. The van der Waals surface area contributed by atoms with Gasteiger partial charge in [-0.15, -0.1) is 0 Å². The van der Waals surface area contributed by atoms with Crippen LogP contribution in [0.25, 0.3) is 0 Å². The number of carbonyl (C=O) groups is 2. The zero-order valence-electron chi connectivity index (χ0n) is 13.2. The van der Waals surface area contributed by atoms with Gasteiger partial charge in [0.2, 0.25) is 0 Å². The Morgan fingerprint density at radius 1 is 1.12 bits per heavy atom. The van der Waals surface area contributed by atoms with Crippen molar-refractivity contribution in [1.82, 2.24) is 0 Å². The van der Waals surface area contributed by atoms with E-state index < -0.39 is 5.97 Å². The highest BCUT2D eigenvalue weighted by atomic mass is 35.5. The number of benzene rings is 2. The first-order valence-corrected chi connectivity index (χ1v) is 7.36. The van der Waals surface area contributed by atoms with Crippen molar-refractivity contribution in [2.45, 2.75) is 0 Å². The van der Waals surface area contributed by atoms with Crippen LogP contribution in [-0.4, -0.2) is 32.7 Å². The molecule has 0 spiro atoms. The molecule has 0 saturated heterocycles. The van der Waals surface area contributed by atoms with Gasteiger partial charge < -0.3 is 19.5 Å². The molecule has 0 aliphatic heterocycles. The van der Waals surface area contributed by atoms with E-state index in [4.69, 9.17) is 21.1 Å². The average Bonchev–Trinajstić information content (AvgIpc) is 2.59. The van der Waals surface area contributed by atoms with Crippen molar-refractivity contribution < 1.29 is 23.8 Å². The van der Waals surface area contributed by atoms with Gasteiger partial charge in [-0.1, -0.05) is 17.7 Å². The van der Waals surface area contributed by atoms with Crippen LogP contribution in [-0.2, 0) is 9.53 Å². The van der Waals surface area contributed by atoms with Crippen LogP contribution in [0.1, 0.15) is 10.4 Å². The van der Waals surface area contributed by atoms with Crippen LogP contribution >= 0.6 is 11.6 Å². The lowest BCUT2D eigenvalue weighted by molar-refractivity contribution is -0.142. The third-order valence-electron chi connectivity index (χ3n) is 3.08. The van der Waals surface area contributed by atoms with Crippen LogP contribution < -0.4 is 14.8 Å². The Labute approximate surface area is 144 Å². The Morgan fingerprint density at radius 3 is 2.62 bits per heavy atom. The number of anilines is 1. The summed E-state index contributed by atoms with van der Waals surface area (Å²) < 4.78 is 14.9. The van der Waals surface area contributed by atoms with Gasteiger partial charge in [0, 0.05) is 16.8 Å². The summed E-state index contributed by atoms with van der Waals surface area (Å²) in [5.41, 5.74) is 0.815. The lowest BCUT2D eigenvalue weighted by Crippen LogP contribution is -2.14.